The Morgan fingerprint density at radius 1 is 0.909 bits per heavy atom. The van der Waals surface area contributed by atoms with Gasteiger partial charge in [-0.3, -0.25) is 9.59 Å². The highest BCUT2D eigenvalue weighted by Crippen LogP contribution is 2.52. The maximum atomic E-state index is 14.6. The number of likely N-dealkylation sites (tertiary alicyclic amines) is 1. The van der Waals surface area contributed by atoms with Crippen LogP contribution in [0.1, 0.15) is 36.3 Å². The third kappa shape index (κ3) is 7.36. The highest BCUT2D eigenvalue weighted by molar-refractivity contribution is 5.88. The molecule has 9 nitrogen and oxygen atoms in total. The van der Waals surface area contributed by atoms with Crippen molar-refractivity contribution in [2.45, 2.75) is 37.0 Å². The summed E-state index contributed by atoms with van der Waals surface area (Å²) in [6.45, 7) is 3.02. The molecule has 0 aliphatic carbocycles. The van der Waals surface area contributed by atoms with E-state index in [1.165, 1.54) is 29.2 Å². The second-order valence-electron chi connectivity index (χ2n) is 11.0. The van der Waals surface area contributed by atoms with Crippen LogP contribution >= 0.6 is 0 Å². The van der Waals surface area contributed by atoms with Crippen molar-refractivity contribution in [2.75, 3.05) is 73.5 Å². The third-order valence-electron chi connectivity index (χ3n) is 8.57. The molecule has 0 radical (unpaired) electrons. The molecule has 1 spiro atoms. The number of hydrogen-bond acceptors (Lipinski definition) is 7. The largest absolute Gasteiger partial charge is 0.491 e. The molecule has 2 aliphatic heterocycles. The lowest BCUT2D eigenvalue weighted by atomic mass is 9.62. The summed E-state index contributed by atoms with van der Waals surface area (Å²) >= 11 is 0. The van der Waals surface area contributed by atoms with Crippen LogP contribution in [0, 0.1) is 5.41 Å². The molecule has 44 heavy (non-hydrogen) atoms. The summed E-state index contributed by atoms with van der Waals surface area (Å²) in [6, 6.07) is 14.6. The van der Waals surface area contributed by atoms with Gasteiger partial charge in [-0.1, -0.05) is 48.5 Å². The molecule has 242 valence electrons. The van der Waals surface area contributed by atoms with Gasteiger partial charge in [-0.15, -0.1) is 0 Å². The fraction of sp³-hybridized carbons (Fsp3) is 0.562. The maximum absolute atomic E-state index is 14.6. The van der Waals surface area contributed by atoms with Crippen molar-refractivity contribution in [2.24, 2.45) is 5.41 Å². The van der Waals surface area contributed by atoms with E-state index < -0.39 is 23.1 Å². The number of halogens is 3. The summed E-state index contributed by atoms with van der Waals surface area (Å²) < 4.78 is 70.7. The maximum Gasteiger partial charge on any atom is 0.430 e. The number of methoxy groups -OCH3 is 2. The normalized spacial score (nSPS) is 19.8. The number of alkyl halides is 3. The molecule has 2 atom stereocenters. The van der Waals surface area contributed by atoms with E-state index in [2.05, 4.69) is 5.32 Å². The summed E-state index contributed by atoms with van der Waals surface area (Å²) in [7, 11) is 2.52. The first-order chi connectivity index (χ1) is 21.2. The minimum atomic E-state index is -4.99. The zero-order valence-electron chi connectivity index (χ0n) is 25.2. The summed E-state index contributed by atoms with van der Waals surface area (Å²) in [5.74, 6) is -0.775. The van der Waals surface area contributed by atoms with Gasteiger partial charge in [0.15, 0.2) is 0 Å². The molecule has 1 unspecified atom stereocenters. The molecule has 2 heterocycles. The second-order valence-corrected chi connectivity index (χ2v) is 11.0. The van der Waals surface area contributed by atoms with Crippen molar-refractivity contribution >= 4 is 11.8 Å². The molecular weight excluding hydrogens is 581 g/mol. The lowest BCUT2D eigenvalue weighted by Gasteiger charge is -2.50. The highest BCUT2D eigenvalue weighted by atomic mass is 19.4. The molecule has 0 saturated carbocycles. The Balaban J connectivity index is 1.46. The van der Waals surface area contributed by atoms with Crippen LogP contribution in [0.3, 0.4) is 0 Å². The Bertz CT molecular complexity index is 1220. The van der Waals surface area contributed by atoms with E-state index in [0.29, 0.717) is 64.8 Å². The number of benzene rings is 2. The molecular formula is C32H41F3N2O7. The lowest BCUT2D eigenvalue weighted by molar-refractivity contribution is -0.271. The highest BCUT2D eigenvalue weighted by Gasteiger charge is 2.64. The van der Waals surface area contributed by atoms with Gasteiger partial charge in [-0.2, -0.15) is 13.2 Å². The van der Waals surface area contributed by atoms with Crippen LogP contribution in [0.25, 0.3) is 0 Å². The van der Waals surface area contributed by atoms with Gasteiger partial charge in [-0.05, 0) is 29.9 Å². The van der Waals surface area contributed by atoms with Crippen LogP contribution in [-0.4, -0.2) is 96.4 Å². The molecule has 2 aliphatic rings. The summed E-state index contributed by atoms with van der Waals surface area (Å²) in [5.41, 5.74) is -3.06. The van der Waals surface area contributed by atoms with Crippen molar-refractivity contribution in [3.8, 4) is 5.75 Å². The average molecular weight is 623 g/mol. The van der Waals surface area contributed by atoms with Crippen molar-refractivity contribution < 1.29 is 46.4 Å². The number of carbonyl (C=O) groups excluding carboxylic acids is 2. The quantitative estimate of drug-likeness (QED) is 0.318. The van der Waals surface area contributed by atoms with Crippen molar-refractivity contribution in [3.63, 3.8) is 0 Å². The first-order valence-electron chi connectivity index (χ1n) is 14.8. The molecule has 0 aromatic heterocycles. The van der Waals surface area contributed by atoms with Gasteiger partial charge in [0.1, 0.15) is 12.4 Å². The Labute approximate surface area is 255 Å². The van der Waals surface area contributed by atoms with Gasteiger partial charge in [0.05, 0.1) is 33.0 Å². The lowest BCUT2D eigenvalue weighted by Crippen LogP contribution is -2.60. The molecule has 4 rings (SSSR count). The standard InChI is InChI=1S/C32H41F3N2O7/c1-40-16-17-42-18-19-43-20-21-44-27-11-7-6-10-25(27)26-23-36-28(38)22-30(26)12-14-37(15-13-30)29(39)31(41-2,32(33,34)35)24-8-4-3-5-9-24/h3-11,26H,12-23H2,1-2H3,(H,36,38)/t26?,31-/m1/s1. The number of carbonyl (C=O) groups is 2. The van der Waals surface area contributed by atoms with Crippen LogP contribution in [0.2, 0.25) is 0 Å². The number of amides is 2. The first kappa shape index (κ1) is 33.7. The summed E-state index contributed by atoms with van der Waals surface area (Å²) in [5, 5.41) is 2.95. The fourth-order valence-electron chi connectivity index (χ4n) is 6.26. The summed E-state index contributed by atoms with van der Waals surface area (Å²) in [6.07, 6.45) is -4.08. The van der Waals surface area contributed by atoms with E-state index in [-0.39, 0.29) is 36.9 Å². The van der Waals surface area contributed by atoms with Crippen molar-refractivity contribution in [3.05, 3.63) is 65.7 Å². The number of piperidine rings is 2. The minimum Gasteiger partial charge on any atom is -0.491 e. The molecule has 2 aromatic rings. The third-order valence-corrected chi connectivity index (χ3v) is 8.57. The topological polar surface area (TPSA) is 95.6 Å². The SMILES string of the molecule is COCCOCCOCCOc1ccccc1C1CNC(=O)CC12CCN(C(=O)[C@](OC)(c1ccccc1)C(F)(F)F)CC2. The zero-order valence-corrected chi connectivity index (χ0v) is 25.2. The fourth-order valence-corrected chi connectivity index (χ4v) is 6.26. The summed E-state index contributed by atoms with van der Waals surface area (Å²) in [4.78, 5) is 27.5. The first-order valence-corrected chi connectivity index (χ1v) is 14.8. The molecule has 2 aromatic carbocycles. The van der Waals surface area contributed by atoms with Crippen LogP contribution in [0.5, 0.6) is 5.75 Å². The van der Waals surface area contributed by atoms with Crippen LogP contribution in [0.4, 0.5) is 13.2 Å². The van der Waals surface area contributed by atoms with E-state index in [4.69, 9.17) is 23.7 Å². The van der Waals surface area contributed by atoms with Gasteiger partial charge in [0, 0.05) is 51.8 Å². The number of nitrogens with zero attached hydrogens (tertiary/aromatic N) is 1. The molecule has 2 saturated heterocycles. The van der Waals surface area contributed by atoms with Crippen LogP contribution < -0.4 is 10.1 Å². The zero-order chi connectivity index (χ0) is 31.6. The number of ether oxygens (including phenoxy) is 5. The van der Waals surface area contributed by atoms with Gasteiger partial charge in [0.25, 0.3) is 11.5 Å². The number of hydrogen-bond donors (Lipinski definition) is 1. The Hall–Kier alpha value is -3.19. The molecule has 12 heteroatoms. The van der Waals surface area contributed by atoms with E-state index in [1.807, 2.05) is 24.3 Å². The van der Waals surface area contributed by atoms with Gasteiger partial charge >= 0.3 is 6.18 Å². The van der Waals surface area contributed by atoms with Crippen molar-refractivity contribution in [1.29, 1.82) is 0 Å². The Morgan fingerprint density at radius 2 is 1.52 bits per heavy atom. The second kappa shape index (κ2) is 15.2. The van der Waals surface area contributed by atoms with Gasteiger partial charge in [-0.25, -0.2) is 0 Å². The minimum absolute atomic E-state index is 0.0555. The van der Waals surface area contributed by atoms with Crippen LogP contribution in [-0.2, 0) is 34.1 Å². The molecule has 1 N–H and O–H groups in total. The number of nitrogens with one attached hydrogen (secondary N) is 1. The monoisotopic (exact) mass is 622 g/mol. The van der Waals surface area contributed by atoms with E-state index >= 15 is 0 Å². The predicted molar refractivity (Wildman–Crippen MR) is 155 cm³/mol. The van der Waals surface area contributed by atoms with Crippen molar-refractivity contribution in [1.82, 2.24) is 10.2 Å². The van der Waals surface area contributed by atoms with E-state index in [9.17, 15) is 22.8 Å². The number of para-hydroxylation sites is 1. The van der Waals surface area contributed by atoms with Crippen LogP contribution in [0.15, 0.2) is 54.6 Å². The molecule has 0 bridgehead atoms. The molecule has 2 fully saturated rings. The Morgan fingerprint density at radius 3 is 2.16 bits per heavy atom. The molecule has 2 amide bonds. The van der Waals surface area contributed by atoms with E-state index in [0.717, 1.165) is 12.7 Å². The predicted octanol–water partition coefficient (Wildman–Crippen LogP) is 4.06. The van der Waals surface area contributed by atoms with E-state index in [1.54, 1.807) is 13.2 Å². The van der Waals surface area contributed by atoms with Gasteiger partial charge < -0.3 is 33.9 Å². The van der Waals surface area contributed by atoms with Gasteiger partial charge in [0.2, 0.25) is 5.91 Å². The number of rotatable bonds is 14. The Kier molecular flexibility index (Phi) is 11.6. The smallest absolute Gasteiger partial charge is 0.430 e. The average Bonchev–Trinajstić information content (AvgIpc) is 3.01.